The average Bonchev–Trinajstić information content (AvgIpc) is 3.18. The molecule has 6 nitrogen and oxygen atoms in total. The van der Waals surface area contributed by atoms with E-state index >= 15 is 0 Å². The van der Waals surface area contributed by atoms with Gasteiger partial charge in [0.25, 0.3) is 0 Å². The van der Waals surface area contributed by atoms with Crippen LogP contribution >= 0.6 is 22.7 Å². The van der Waals surface area contributed by atoms with E-state index in [1.165, 1.54) is 28.1 Å². The molecule has 0 saturated carbocycles. The first-order valence-corrected chi connectivity index (χ1v) is 7.96. The van der Waals surface area contributed by atoms with E-state index in [-0.39, 0.29) is 5.69 Å². The van der Waals surface area contributed by atoms with Crippen molar-refractivity contribution in [2.45, 2.75) is 0 Å². The summed E-state index contributed by atoms with van der Waals surface area (Å²) in [5.74, 6) is -2.07. The van der Waals surface area contributed by atoms with Gasteiger partial charge in [-0.25, -0.2) is 14.2 Å². The van der Waals surface area contributed by atoms with Crippen molar-refractivity contribution in [3.8, 4) is 15.6 Å². The zero-order valence-corrected chi connectivity index (χ0v) is 12.9. The van der Waals surface area contributed by atoms with Crippen molar-refractivity contribution < 1.29 is 18.8 Å². The molecule has 0 bridgehead atoms. The molecule has 2 aromatic heterocycles. The number of carbonyl (C=O) groups is 1. The van der Waals surface area contributed by atoms with E-state index in [0.717, 1.165) is 23.1 Å². The topological polar surface area (TPSA) is 82.3 Å². The van der Waals surface area contributed by atoms with Crippen LogP contribution in [0.2, 0.25) is 0 Å². The minimum Gasteiger partial charge on any atom is -0.414 e. The summed E-state index contributed by atoms with van der Waals surface area (Å²) < 4.78 is 18.2. The fourth-order valence-electron chi connectivity index (χ4n) is 1.75. The Morgan fingerprint density at radius 3 is 2.83 bits per heavy atom. The Bertz CT molecular complexity index is 877. The molecular formula is C14H7FN2O4S2. The molecule has 0 aliphatic rings. The second kappa shape index (κ2) is 6.23. The molecule has 0 aliphatic carbocycles. The normalized spacial score (nSPS) is 10.5. The van der Waals surface area contributed by atoms with E-state index in [1.807, 2.05) is 17.5 Å². The van der Waals surface area contributed by atoms with E-state index < -0.39 is 28.1 Å². The molecule has 3 aromatic rings. The van der Waals surface area contributed by atoms with Gasteiger partial charge in [0.15, 0.2) is 5.69 Å². The molecule has 1 aromatic carbocycles. The van der Waals surface area contributed by atoms with Gasteiger partial charge >= 0.3 is 11.7 Å². The fraction of sp³-hybridized carbons (Fsp3) is 0. The highest BCUT2D eigenvalue weighted by atomic mass is 32.1. The van der Waals surface area contributed by atoms with Gasteiger partial charge < -0.3 is 4.74 Å². The number of aromatic nitrogens is 1. The molecule has 2 heterocycles. The number of hydrogen-bond acceptors (Lipinski definition) is 7. The Hall–Kier alpha value is -2.65. The lowest BCUT2D eigenvalue weighted by Gasteiger charge is -2.03. The highest BCUT2D eigenvalue weighted by molar-refractivity contribution is 7.20. The Labute approximate surface area is 137 Å². The SMILES string of the molecule is O=C(Oc1cc(F)ccc1[N+](=O)[O-])c1csc(-c2cccs2)n1. The first-order chi connectivity index (χ1) is 11.0. The quantitative estimate of drug-likeness (QED) is 0.306. The van der Waals surface area contributed by atoms with Gasteiger partial charge in [0.05, 0.1) is 9.80 Å². The Morgan fingerprint density at radius 1 is 1.30 bits per heavy atom. The molecular weight excluding hydrogens is 343 g/mol. The summed E-state index contributed by atoms with van der Waals surface area (Å²) in [5.41, 5.74) is -0.481. The molecule has 116 valence electrons. The van der Waals surface area contributed by atoms with Crippen LogP contribution < -0.4 is 4.74 Å². The molecule has 0 fully saturated rings. The third-order valence-corrected chi connectivity index (χ3v) is 4.65. The molecule has 0 unspecified atom stereocenters. The maximum Gasteiger partial charge on any atom is 0.363 e. The molecule has 0 radical (unpaired) electrons. The zero-order valence-electron chi connectivity index (χ0n) is 11.3. The molecule has 0 amide bonds. The van der Waals surface area contributed by atoms with Gasteiger partial charge in [0, 0.05) is 17.5 Å². The van der Waals surface area contributed by atoms with Crippen molar-refractivity contribution in [1.29, 1.82) is 0 Å². The number of rotatable bonds is 4. The van der Waals surface area contributed by atoms with Gasteiger partial charge in [-0.15, -0.1) is 22.7 Å². The van der Waals surface area contributed by atoms with Crippen molar-refractivity contribution >= 4 is 34.3 Å². The number of thiophene rings is 1. The standard InChI is InChI=1S/C14H7FN2O4S2/c15-8-3-4-10(17(19)20)11(6-8)21-14(18)9-7-23-13(16-9)12-2-1-5-22-12/h1-7H. The summed E-state index contributed by atoms with van der Waals surface area (Å²) in [7, 11) is 0. The summed E-state index contributed by atoms with van der Waals surface area (Å²) >= 11 is 2.72. The minimum absolute atomic E-state index is 0.0111. The van der Waals surface area contributed by atoms with Gasteiger partial charge in [0.2, 0.25) is 5.75 Å². The molecule has 3 rings (SSSR count). The van der Waals surface area contributed by atoms with Crippen molar-refractivity contribution in [1.82, 2.24) is 4.98 Å². The molecule has 0 spiro atoms. The molecule has 0 saturated heterocycles. The highest BCUT2D eigenvalue weighted by Gasteiger charge is 2.21. The van der Waals surface area contributed by atoms with Crippen LogP contribution in [0, 0.1) is 15.9 Å². The van der Waals surface area contributed by atoms with Crippen molar-refractivity contribution in [3.05, 3.63) is 62.7 Å². The molecule has 0 atom stereocenters. The summed E-state index contributed by atoms with van der Waals surface area (Å²) in [5, 5.41) is 14.9. The van der Waals surface area contributed by atoms with Crippen LogP contribution in [0.4, 0.5) is 10.1 Å². The number of halogens is 1. The van der Waals surface area contributed by atoms with E-state index in [0.29, 0.717) is 5.01 Å². The van der Waals surface area contributed by atoms with Crippen molar-refractivity contribution in [2.75, 3.05) is 0 Å². The third-order valence-electron chi connectivity index (χ3n) is 2.77. The maximum absolute atomic E-state index is 13.2. The Morgan fingerprint density at radius 2 is 2.13 bits per heavy atom. The minimum atomic E-state index is -0.877. The van der Waals surface area contributed by atoms with Crippen molar-refractivity contribution in [3.63, 3.8) is 0 Å². The highest BCUT2D eigenvalue weighted by Crippen LogP contribution is 2.30. The lowest BCUT2D eigenvalue weighted by atomic mass is 10.3. The first kappa shape index (κ1) is 15.3. The monoisotopic (exact) mass is 350 g/mol. The Kier molecular flexibility index (Phi) is 4.13. The number of carbonyl (C=O) groups excluding carboxylic acids is 1. The van der Waals surface area contributed by atoms with E-state index in [1.54, 1.807) is 0 Å². The van der Waals surface area contributed by atoms with Crippen LogP contribution in [0.1, 0.15) is 10.5 Å². The third kappa shape index (κ3) is 3.25. The van der Waals surface area contributed by atoms with Crippen LogP contribution in [0.3, 0.4) is 0 Å². The summed E-state index contributed by atoms with van der Waals surface area (Å²) in [6, 6.07) is 6.37. The average molecular weight is 350 g/mol. The van der Waals surface area contributed by atoms with Gasteiger partial charge in [-0.05, 0) is 17.5 Å². The Balaban J connectivity index is 1.85. The molecule has 9 heteroatoms. The van der Waals surface area contributed by atoms with E-state index in [9.17, 15) is 19.3 Å². The zero-order chi connectivity index (χ0) is 16.4. The summed E-state index contributed by atoms with van der Waals surface area (Å²) in [4.78, 5) is 27.2. The second-order valence-corrected chi connectivity index (χ2v) is 6.08. The number of benzene rings is 1. The number of nitro groups is 1. The maximum atomic E-state index is 13.2. The number of esters is 1. The largest absolute Gasteiger partial charge is 0.414 e. The van der Waals surface area contributed by atoms with Crippen LogP contribution in [0.5, 0.6) is 5.75 Å². The van der Waals surface area contributed by atoms with Crippen molar-refractivity contribution in [2.24, 2.45) is 0 Å². The fourth-order valence-corrected chi connectivity index (χ4v) is 3.36. The van der Waals surface area contributed by atoms with E-state index in [4.69, 9.17) is 4.74 Å². The molecule has 0 N–H and O–H groups in total. The molecule has 0 aliphatic heterocycles. The van der Waals surface area contributed by atoms with Crippen LogP contribution in [0.15, 0.2) is 41.1 Å². The van der Waals surface area contributed by atoms with E-state index in [2.05, 4.69) is 4.98 Å². The first-order valence-electron chi connectivity index (χ1n) is 6.20. The molecule has 23 heavy (non-hydrogen) atoms. The number of hydrogen-bond donors (Lipinski definition) is 0. The van der Waals surface area contributed by atoms with Crippen LogP contribution in [-0.2, 0) is 0 Å². The van der Waals surface area contributed by atoms with Crippen LogP contribution in [-0.4, -0.2) is 15.9 Å². The lowest BCUT2D eigenvalue weighted by Crippen LogP contribution is -2.10. The van der Waals surface area contributed by atoms with Gasteiger partial charge in [-0.2, -0.15) is 0 Å². The summed E-state index contributed by atoms with van der Waals surface area (Å²) in [6.07, 6.45) is 0. The lowest BCUT2D eigenvalue weighted by molar-refractivity contribution is -0.385. The predicted octanol–water partition coefficient (Wildman–Crippen LogP) is 4.14. The second-order valence-electron chi connectivity index (χ2n) is 4.27. The van der Waals surface area contributed by atoms with Gasteiger partial charge in [-0.3, -0.25) is 10.1 Å². The van der Waals surface area contributed by atoms with Gasteiger partial charge in [-0.1, -0.05) is 6.07 Å². The number of nitrogens with zero attached hydrogens (tertiary/aromatic N) is 2. The smallest absolute Gasteiger partial charge is 0.363 e. The number of thiazole rings is 1. The van der Waals surface area contributed by atoms with Crippen LogP contribution in [0.25, 0.3) is 9.88 Å². The number of nitro benzene ring substituents is 1. The number of ether oxygens (including phenoxy) is 1. The summed E-state index contributed by atoms with van der Waals surface area (Å²) in [6.45, 7) is 0. The predicted molar refractivity (Wildman–Crippen MR) is 83.4 cm³/mol. The van der Waals surface area contributed by atoms with Gasteiger partial charge in [0.1, 0.15) is 10.8 Å².